The van der Waals surface area contributed by atoms with E-state index in [0.717, 1.165) is 0 Å². The average molecular weight is 359 g/mol. The van der Waals surface area contributed by atoms with Crippen LogP contribution in [0.5, 0.6) is 0 Å². The molecule has 0 bridgehead atoms. The molecule has 3 aromatic rings. The van der Waals surface area contributed by atoms with E-state index in [2.05, 4.69) is 15.0 Å². The number of fused-ring (bicyclic) bond motifs is 1. The van der Waals surface area contributed by atoms with Crippen molar-refractivity contribution in [3.63, 3.8) is 0 Å². The smallest absolute Gasteiger partial charge is 0.280 e. The van der Waals surface area contributed by atoms with E-state index in [0.29, 0.717) is 5.56 Å². The lowest BCUT2D eigenvalue weighted by Gasteiger charge is -2.34. The molecular weight excluding hydrogens is 342 g/mol. The van der Waals surface area contributed by atoms with Crippen molar-refractivity contribution in [1.82, 2.24) is 19.5 Å². The summed E-state index contributed by atoms with van der Waals surface area (Å²) in [7, 11) is 0. The number of anilines is 1. The Morgan fingerprint density at radius 3 is 2.69 bits per heavy atom. The van der Waals surface area contributed by atoms with E-state index in [1.807, 2.05) is 0 Å². The van der Waals surface area contributed by atoms with Gasteiger partial charge in [-0.3, -0.25) is 14.3 Å². The summed E-state index contributed by atoms with van der Waals surface area (Å²) in [4.78, 5) is 22.6. The number of ether oxygens (including phenoxy) is 1. The highest BCUT2D eigenvalue weighted by Crippen LogP contribution is 2.42. The van der Waals surface area contributed by atoms with E-state index in [1.165, 1.54) is 10.9 Å². The standard InChI is InChI=1S/C16H17N5O5/c17-15-19-13-10(14(25)20-15)18-7-21(13)16(8-4-2-1-3-5-8)12(24)11(23)9(6-22)26-16/h1-5,7,9,11-12,22-24H,6H2,(H3,17,19,20,25)/t9-,11-,12-,16-/m1/s1. The SMILES string of the molecule is Nc1nc2c(ncn2[C@]2(c3ccccc3)O[C@H](CO)[C@@H](O)[C@H]2O)c(=O)[nH]1. The van der Waals surface area contributed by atoms with Gasteiger partial charge in [0.2, 0.25) is 11.7 Å². The number of benzene rings is 1. The molecule has 3 heterocycles. The van der Waals surface area contributed by atoms with E-state index in [-0.39, 0.29) is 17.1 Å². The van der Waals surface area contributed by atoms with Crippen LogP contribution in [0.2, 0.25) is 0 Å². The molecule has 1 aliphatic heterocycles. The molecule has 136 valence electrons. The Bertz CT molecular complexity index is 1000. The number of rotatable bonds is 3. The van der Waals surface area contributed by atoms with Gasteiger partial charge in [0.1, 0.15) is 24.6 Å². The first-order valence-corrected chi connectivity index (χ1v) is 7.92. The second-order valence-corrected chi connectivity index (χ2v) is 6.07. The molecule has 26 heavy (non-hydrogen) atoms. The molecule has 10 nitrogen and oxygen atoms in total. The fourth-order valence-corrected chi connectivity index (χ4v) is 3.37. The first kappa shape index (κ1) is 16.7. The molecule has 6 N–H and O–H groups in total. The Morgan fingerprint density at radius 1 is 1.31 bits per heavy atom. The molecule has 1 saturated heterocycles. The van der Waals surface area contributed by atoms with E-state index in [4.69, 9.17) is 10.5 Å². The predicted octanol–water partition coefficient (Wildman–Crippen LogP) is -1.48. The molecule has 0 aliphatic carbocycles. The zero-order chi connectivity index (χ0) is 18.5. The monoisotopic (exact) mass is 359 g/mol. The summed E-state index contributed by atoms with van der Waals surface area (Å²) in [6, 6.07) is 8.64. The van der Waals surface area contributed by atoms with Gasteiger partial charge in [0.25, 0.3) is 5.56 Å². The van der Waals surface area contributed by atoms with Crippen LogP contribution in [0, 0.1) is 0 Å². The molecule has 2 aromatic heterocycles. The Labute approximate surface area is 146 Å². The van der Waals surface area contributed by atoms with Crippen LogP contribution in [-0.4, -0.2) is 59.8 Å². The highest BCUT2D eigenvalue weighted by Gasteiger charge is 2.57. The van der Waals surface area contributed by atoms with E-state index in [1.54, 1.807) is 30.3 Å². The number of nitrogens with zero attached hydrogens (tertiary/aromatic N) is 3. The Balaban J connectivity index is 2.04. The minimum Gasteiger partial charge on any atom is -0.394 e. The zero-order valence-electron chi connectivity index (χ0n) is 13.5. The van der Waals surface area contributed by atoms with Crippen LogP contribution in [-0.2, 0) is 10.5 Å². The molecule has 1 aromatic carbocycles. The molecule has 4 atom stereocenters. The zero-order valence-corrected chi connectivity index (χ0v) is 13.5. The number of hydrogen-bond donors (Lipinski definition) is 5. The van der Waals surface area contributed by atoms with Crippen LogP contribution in [0.15, 0.2) is 41.5 Å². The second-order valence-electron chi connectivity index (χ2n) is 6.07. The van der Waals surface area contributed by atoms with Crippen molar-refractivity contribution in [3.8, 4) is 0 Å². The largest absolute Gasteiger partial charge is 0.394 e. The van der Waals surface area contributed by atoms with Gasteiger partial charge in [-0.1, -0.05) is 30.3 Å². The van der Waals surface area contributed by atoms with Gasteiger partial charge < -0.3 is 25.8 Å². The lowest BCUT2D eigenvalue weighted by molar-refractivity contribution is -0.115. The fourth-order valence-electron chi connectivity index (χ4n) is 3.37. The van der Waals surface area contributed by atoms with Crippen molar-refractivity contribution < 1.29 is 20.1 Å². The normalized spacial score (nSPS) is 28.7. The molecule has 0 spiro atoms. The van der Waals surface area contributed by atoms with Gasteiger partial charge in [0.05, 0.1) is 6.61 Å². The van der Waals surface area contributed by atoms with Crippen molar-refractivity contribution in [2.24, 2.45) is 0 Å². The van der Waals surface area contributed by atoms with Gasteiger partial charge in [0.15, 0.2) is 11.2 Å². The number of nitrogens with two attached hydrogens (primary N) is 1. The summed E-state index contributed by atoms with van der Waals surface area (Å²) in [5.41, 5.74) is 4.04. The number of nitrogens with one attached hydrogen (secondary N) is 1. The molecule has 10 heteroatoms. The summed E-state index contributed by atoms with van der Waals surface area (Å²) >= 11 is 0. The van der Waals surface area contributed by atoms with Crippen molar-refractivity contribution in [2.75, 3.05) is 12.3 Å². The number of imidazole rings is 1. The number of aromatic amines is 1. The molecule has 0 unspecified atom stereocenters. The van der Waals surface area contributed by atoms with Crippen molar-refractivity contribution in [2.45, 2.75) is 24.0 Å². The first-order valence-electron chi connectivity index (χ1n) is 7.92. The van der Waals surface area contributed by atoms with Gasteiger partial charge in [-0.05, 0) is 0 Å². The Kier molecular flexibility index (Phi) is 3.77. The molecular formula is C16H17N5O5. The van der Waals surface area contributed by atoms with Gasteiger partial charge in [-0.15, -0.1) is 0 Å². The first-order chi connectivity index (χ1) is 12.5. The molecule has 0 amide bonds. The van der Waals surface area contributed by atoms with Crippen LogP contribution >= 0.6 is 0 Å². The molecule has 1 aliphatic rings. The van der Waals surface area contributed by atoms with E-state index >= 15 is 0 Å². The number of aliphatic hydroxyl groups excluding tert-OH is 3. The van der Waals surface area contributed by atoms with Crippen molar-refractivity contribution in [1.29, 1.82) is 0 Å². The summed E-state index contributed by atoms with van der Waals surface area (Å²) in [6.07, 6.45) is -2.57. The summed E-state index contributed by atoms with van der Waals surface area (Å²) in [6.45, 7) is -0.504. The highest BCUT2D eigenvalue weighted by atomic mass is 16.6. The molecule has 0 saturated carbocycles. The number of H-pyrrole nitrogens is 1. The van der Waals surface area contributed by atoms with Crippen molar-refractivity contribution >= 4 is 17.1 Å². The van der Waals surface area contributed by atoms with Gasteiger partial charge in [-0.25, -0.2) is 4.98 Å². The minimum absolute atomic E-state index is 0.00671. The summed E-state index contributed by atoms with van der Waals surface area (Å²) in [5, 5.41) is 30.7. The van der Waals surface area contributed by atoms with Crippen LogP contribution in [0.3, 0.4) is 0 Å². The maximum atomic E-state index is 12.1. The predicted molar refractivity (Wildman–Crippen MR) is 90.1 cm³/mol. The quantitative estimate of drug-likeness (QED) is 0.378. The third-order valence-electron chi connectivity index (χ3n) is 4.59. The maximum absolute atomic E-state index is 12.1. The minimum atomic E-state index is -1.64. The Morgan fingerprint density at radius 2 is 2.04 bits per heavy atom. The average Bonchev–Trinajstić information content (AvgIpc) is 3.17. The molecule has 4 rings (SSSR count). The van der Waals surface area contributed by atoms with Crippen LogP contribution in [0.4, 0.5) is 5.95 Å². The Hall–Kier alpha value is -2.79. The van der Waals surface area contributed by atoms with E-state index in [9.17, 15) is 20.1 Å². The number of hydrogen-bond acceptors (Lipinski definition) is 8. The number of nitrogen functional groups attached to an aromatic ring is 1. The summed E-state index contributed by atoms with van der Waals surface area (Å²) < 4.78 is 7.27. The highest BCUT2D eigenvalue weighted by molar-refractivity contribution is 5.71. The van der Waals surface area contributed by atoms with Gasteiger partial charge in [-0.2, -0.15) is 4.98 Å². The van der Waals surface area contributed by atoms with E-state index < -0.39 is 36.2 Å². The maximum Gasteiger partial charge on any atom is 0.280 e. The fraction of sp³-hybridized carbons (Fsp3) is 0.312. The molecule has 0 radical (unpaired) electrons. The topological polar surface area (TPSA) is 160 Å². The third kappa shape index (κ3) is 2.17. The van der Waals surface area contributed by atoms with Gasteiger partial charge in [0, 0.05) is 5.56 Å². The third-order valence-corrected chi connectivity index (χ3v) is 4.59. The van der Waals surface area contributed by atoms with Crippen LogP contribution < -0.4 is 11.3 Å². The second kappa shape index (κ2) is 5.88. The summed E-state index contributed by atoms with van der Waals surface area (Å²) in [5.74, 6) is -0.126. The number of aliphatic hydroxyl groups is 3. The van der Waals surface area contributed by atoms with Crippen molar-refractivity contribution in [3.05, 3.63) is 52.6 Å². The van der Waals surface area contributed by atoms with Crippen LogP contribution in [0.1, 0.15) is 5.56 Å². The van der Waals surface area contributed by atoms with Crippen LogP contribution in [0.25, 0.3) is 11.2 Å². The lowest BCUT2D eigenvalue weighted by Crippen LogP contribution is -2.46. The lowest BCUT2D eigenvalue weighted by atomic mass is 9.94. The molecule has 1 fully saturated rings. The number of aromatic nitrogens is 4. The van der Waals surface area contributed by atoms with Gasteiger partial charge >= 0.3 is 0 Å².